The van der Waals surface area contributed by atoms with Crippen LogP contribution in [0.4, 0.5) is 0 Å². The third-order valence-corrected chi connectivity index (χ3v) is 2.65. The highest BCUT2D eigenvalue weighted by Gasteiger charge is 2.07. The first kappa shape index (κ1) is 15.1. The molecule has 0 aliphatic rings. The Labute approximate surface area is 116 Å². The van der Waals surface area contributed by atoms with Crippen LogP contribution in [-0.4, -0.2) is 49.7 Å². The Balaban J connectivity index is 3.82. The quantitative estimate of drug-likeness (QED) is 0.204. The van der Waals surface area contributed by atoms with E-state index in [-0.39, 0.29) is 36.9 Å². The zero-order valence-corrected chi connectivity index (χ0v) is 11.8. The first-order chi connectivity index (χ1) is 9.10. The highest BCUT2D eigenvalue weighted by molar-refractivity contribution is 8.68. The number of hydrogen-bond donors (Lipinski definition) is 1. The van der Waals surface area contributed by atoms with E-state index in [1.54, 1.807) is 6.92 Å². The van der Waals surface area contributed by atoms with E-state index in [0.717, 1.165) is 17.8 Å². The van der Waals surface area contributed by atoms with E-state index in [4.69, 9.17) is 1.12 Å². The van der Waals surface area contributed by atoms with Gasteiger partial charge in [-0.1, -0.05) is 10.8 Å². The van der Waals surface area contributed by atoms with Crippen molar-refractivity contribution in [2.45, 2.75) is 19.8 Å². The summed E-state index contributed by atoms with van der Waals surface area (Å²) in [6.07, 6.45) is 2.71. The van der Waals surface area contributed by atoms with E-state index in [2.05, 4.69) is 9.98 Å². The second-order valence-corrected chi connectivity index (χ2v) is 4.71. The predicted molar refractivity (Wildman–Crippen MR) is 78.1 cm³/mol. The Morgan fingerprint density at radius 2 is 1.94 bits per heavy atom. The molecule has 0 radical (unpaired) electrons. The van der Waals surface area contributed by atoms with E-state index < -0.39 is 0 Å². The number of rotatable bonds is 11. The predicted octanol–water partition coefficient (Wildman–Crippen LogP) is 1.21. The Bertz CT molecular complexity index is 373. The molecule has 0 aliphatic heterocycles. The maximum absolute atomic E-state index is 11.3. The van der Waals surface area contributed by atoms with Crippen molar-refractivity contribution < 1.29 is 14.4 Å². The molecule has 5 nitrogen and oxygen atoms in total. The summed E-state index contributed by atoms with van der Waals surface area (Å²) >= 11 is 0.852. The van der Waals surface area contributed by atoms with Gasteiger partial charge in [0, 0.05) is 12.2 Å². The number of Topliss-reactive ketones (excluding diaryl/α,β-unsaturated/α-hetero) is 3. The molecule has 0 aromatic carbocycles. The van der Waals surface area contributed by atoms with Crippen molar-refractivity contribution in [3.8, 4) is 0 Å². The Hall–Kier alpha value is -0.950. The fourth-order valence-electron chi connectivity index (χ4n) is 0.981. The lowest BCUT2D eigenvalue weighted by molar-refractivity contribution is -0.125. The van der Waals surface area contributed by atoms with E-state index in [9.17, 15) is 14.4 Å². The van der Waals surface area contributed by atoms with Crippen LogP contribution in [0.1, 0.15) is 19.8 Å². The summed E-state index contributed by atoms with van der Waals surface area (Å²) in [6, 6.07) is 0. The summed E-state index contributed by atoms with van der Waals surface area (Å²) < 4.78 is 6.80. The van der Waals surface area contributed by atoms with Crippen molar-refractivity contribution >= 4 is 52.1 Å². The SMILES string of the molecule is [3H]SSCCC(=O)C=NCC(=O)CC(=O)CN=CC. The molecule has 18 heavy (non-hydrogen) atoms. The summed E-state index contributed by atoms with van der Waals surface area (Å²) in [5.74, 6) is -0.221. The van der Waals surface area contributed by atoms with Crippen LogP contribution >= 0.6 is 22.4 Å². The first-order valence-electron chi connectivity index (χ1n) is 5.76. The van der Waals surface area contributed by atoms with Gasteiger partial charge < -0.3 is 0 Å². The number of ketones is 3. The molecule has 0 aliphatic carbocycles. The third-order valence-electron chi connectivity index (χ3n) is 1.78. The van der Waals surface area contributed by atoms with Crippen LogP contribution < -0.4 is 0 Å². The molecule has 0 aromatic heterocycles. The van der Waals surface area contributed by atoms with Crippen molar-refractivity contribution in [1.82, 2.24) is 0 Å². The van der Waals surface area contributed by atoms with E-state index in [1.807, 2.05) is 0 Å². The highest BCUT2D eigenvalue weighted by atomic mass is 33.1. The summed E-state index contributed by atoms with van der Waals surface area (Å²) in [4.78, 5) is 41.2. The summed E-state index contributed by atoms with van der Waals surface area (Å²) in [5, 5.41) is 0. The molecule has 0 rings (SSSR count). The summed E-state index contributed by atoms with van der Waals surface area (Å²) in [7, 11) is 1.27. The van der Waals surface area contributed by atoms with Crippen LogP contribution in [-0.2, 0) is 14.4 Å². The van der Waals surface area contributed by atoms with Crippen LogP contribution in [0.2, 0.25) is 0 Å². The fraction of sp³-hybridized carbons (Fsp3) is 0.545. The molecular formula is C11H16N2O3S2. The van der Waals surface area contributed by atoms with Crippen molar-refractivity contribution in [1.29, 1.82) is 1.12 Å². The average molecular weight is 290 g/mol. The molecular weight excluding hydrogens is 272 g/mol. The molecule has 0 fully saturated rings. The smallest absolute Gasteiger partial charge is 0.174 e. The largest absolute Gasteiger partial charge is 0.297 e. The Morgan fingerprint density at radius 1 is 1.28 bits per heavy atom. The average Bonchev–Trinajstić information content (AvgIpc) is 2.36. The third kappa shape index (κ3) is 10.2. The molecule has 0 saturated heterocycles. The van der Waals surface area contributed by atoms with Gasteiger partial charge in [0.2, 0.25) is 0 Å². The van der Waals surface area contributed by atoms with E-state index >= 15 is 0 Å². The number of carbonyl (C=O) groups excluding carboxylic acids is 3. The minimum atomic E-state index is -0.323. The summed E-state index contributed by atoms with van der Waals surface area (Å²) in [6.45, 7) is 1.54. The van der Waals surface area contributed by atoms with Gasteiger partial charge >= 0.3 is 0 Å². The van der Waals surface area contributed by atoms with Gasteiger partial charge in [0.25, 0.3) is 0 Å². The number of aliphatic imine (C=N–C) groups is 2. The topological polar surface area (TPSA) is 75.9 Å². The number of hydrogen-bond acceptors (Lipinski definition) is 7. The van der Waals surface area contributed by atoms with Gasteiger partial charge in [-0.3, -0.25) is 24.4 Å². The molecule has 0 bridgehead atoms. The molecule has 0 N–H and O–H groups in total. The minimum Gasteiger partial charge on any atom is -0.297 e. The molecule has 0 spiro atoms. The van der Waals surface area contributed by atoms with Crippen molar-refractivity contribution in [3.63, 3.8) is 0 Å². The van der Waals surface area contributed by atoms with Gasteiger partial charge in [-0.15, -0.1) is 11.6 Å². The van der Waals surface area contributed by atoms with Crippen LogP contribution in [0.25, 0.3) is 0 Å². The fourth-order valence-corrected chi connectivity index (χ4v) is 1.52. The maximum Gasteiger partial charge on any atom is 0.174 e. The molecule has 0 amide bonds. The monoisotopic (exact) mass is 290 g/mol. The molecule has 0 heterocycles. The Kier molecular flexibility index (Phi) is 9.37. The lowest BCUT2D eigenvalue weighted by Crippen LogP contribution is -2.13. The lowest BCUT2D eigenvalue weighted by atomic mass is 10.2. The van der Waals surface area contributed by atoms with Crippen LogP contribution in [0.3, 0.4) is 0 Å². The first-order valence-corrected chi connectivity index (χ1v) is 7.26. The Morgan fingerprint density at radius 3 is 2.56 bits per heavy atom. The van der Waals surface area contributed by atoms with Gasteiger partial charge in [0.15, 0.2) is 17.3 Å². The lowest BCUT2D eigenvalue weighted by Gasteiger charge is -1.95. The maximum atomic E-state index is 11.3. The van der Waals surface area contributed by atoms with Gasteiger partial charge in [-0.25, -0.2) is 0 Å². The zero-order valence-electron chi connectivity index (χ0n) is 11.1. The van der Waals surface area contributed by atoms with Gasteiger partial charge in [-0.2, -0.15) is 0 Å². The van der Waals surface area contributed by atoms with Crippen LogP contribution in [0.15, 0.2) is 9.98 Å². The van der Waals surface area contributed by atoms with Crippen LogP contribution in [0, 0.1) is 0 Å². The molecule has 0 aromatic rings. The highest BCUT2D eigenvalue weighted by Crippen LogP contribution is 2.05. The standard InChI is InChI=1S/C11H16N2O3S2/c1-2-12-7-10(15)5-11(16)8-13-6-9(14)3-4-18-17/h2,6,17H,3-5,7-8H2,1H3/i/hT. The van der Waals surface area contributed by atoms with Crippen molar-refractivity contribution in [3.05, 3.63) is 0 Å². The molecule has 100 valence electrons. The van der Waals surface area contributed by atoms with Gasteiger partial charge in [0.1, 0.15) is 1.12 Å². The normalized spacial score (nSPS) is 11.9. The second kappa shape index (κ2) is 11.2. The van der Waals surface area contributed by atoms with E-state index in [1.165, 1.54) is 17.0 Å². The molecule has 0 unspecified atom stereocenters. The molecule has 0 saturated carbocycles. The number of thiol groups is 1. The van der Waals surface area contributed by atoms with Gasteiger partial charge in [0.05, 0.1) is 25.7 Å². The number of nitrogens with zero attached hydrogens (tertiary/aromatic N) is 2. The molecule has 0 atom stereocenters. The second-order valence-electron chi connectivity index (χ2n) is 3.36. The zero-order chi connectivity index (χ0) is 14.5. The van der Waals surface area contributed by atoms with Crippen molar-refractivity contribution in [2.75, 3.05) is 18.8 Å². The summed E-state index contributed by atoms with van der Waals surface area (Å²) in [5.41, 5.74) is 0. The van der Waals surface area contributed by atoms with E-state index in [0.29, 0.717) is 12.2 Å². The van der Waals surface area contributed by atoms with Gasteiger partial charge in [-0.05, 0) is 13.1 Å². The number of carbonyl (C=O) groups is 3. The van der Waals surface area contributed by atoms with Crippen molar-refractivity contribution in [2.24, 2.45) is 9.98 Å². The van der Waals surface area contributed by atoms with Crippen LogP contribution in [0.5, 0.6) is 0 Å². The minimum absolute atomic E-state index is 0.00684. The molecule has 7 heteroatoms.